The van der Waals surface area contributed by atoms with Crippen LogP contribution in [0.15, 0.2) is 30.9 Å². The second-order valence-electron chi connectivity index (χ2n) is 6.00. The van der Waals surface area contributed by atoms with E-state index in [0.29, 0.717) is 0 Å². The second-order valence-corrected chi connectivity index (χ2v) is 6.00. The van der Waals surface area contributed by atoms with Crippen molar-refractivity contribution in [3.05, 3.63) is 42.0 Å². The van der Waals surface area contributed by atoms with E-state index in [-0.39, 0.29) is 36.5 Å². The zero-order valence-corrected chi connectivity index (χ0v) is 13.2. The second kappa shape index (κ2) is 7.25. The van der Waals surface area contributed by atoms with Gasteiger partial charge >= 0.3 is 6.18 Å². The van der Waals surface area contributed by atoms with Crippen LogP contribution in [-0.2, 0) is 6.18 Å². The summed E-state index contributed by atoms with van der Waals surface area (Å²) in [6.45, 7) is 3.71. The smallest absolute Gasteiger partial charge is 0.416 e. The Bertz CT molecular complexity index is 604. The predicted molar refractivity (Wildman–Crippen MR) is 82.8 cm³/mol. The number of carbonyl (C=O) groups is 1. The van der Waals surface area contributed by atoms with Crippen molar-refractivity contribution >= 4 is 5.91 Å². The molecule has 0 spiro atoms. The number of benzene rings is 1. The molecule has 1 saturated carbocycles. The first kappa shape index (κ1) is 18.3. The highest BCUT2D eigenvalue weighted by molar-refractivity contribution is 5.97. The van der Waals surface area contributed by atoms with Crippen LogP contribution in [-0.4, -0.2) is 30.8 Å². The van der Waals surface area contributed by atoms with E-state index < -0.39 is 17.6 Å². The molecule has 1 amide bonds. The highest BCUT2D eigenvalue weighted by Gasteiger charge is 2.37. The molecule has 0 aromatic heterocycles. The van der Waals surface area contributed by atoms with Crippen LogP contribution in [0.3, 0.4) is 0 Å². The SMILES string of the molecule is C=CCOc1ccc(C(F)(F)F)cc1C(=O)NCC1(CO)CCC1. The van der Waals surface area contributed by atoms with E-state index >= 15 is 0 Å². The molecule has 132 valence electrons. The van der Waals surface area contributed by atoms with Crippen LogP contribution in [0.25, 0.3) is 0 Å². The molecule has 1 aliphatic rings. The van der Waals surface area contributed by atoms with Crippen LogP contribution in [0.1, 0.15) is 35.2 Å². The minimum atomic E-state index is -4.55. The first-order chi connectivity index (χ1) is 11.3. The molecule has 0 radical (unpaired) electrons. The predicted octanol–water partition coefficient (Wildman–Crippen LogP) is 3.16. The van der Waals surface area contributed by atoms with Crippen LogP contribution in [0.4, 0.5) is 13.2 Å². The average molecular weight is 343 g/mol. The number of nitrogens with one attached hydrogen (secondary N) is 1. The number of amides is 1. The molecule has 24 heavy (non-hydrogen) atoms. The van der Waals surface area contributed by atoms with E-state index in [1.54, 1.807) is 0 Å². The van der Waals surface area contributed by atoms with Crippen molar-refractivity contribution < 1.29 is 27.8 Å². The number of ether oxygens (including phenoxy) is 1. The van der Waals surface area contributed by atoms with Crippen LogP contribution in [0.5, 0.6) is 5.75 Å². The Kier molecular flexibility index (Phi) is 5.54. The van der Waals surface area contributed by atoms with E-state index in [1.807, 2.05) is 0 Å². The van der Waals surface area contributed by atoms with Gasteiger partial charge in [0.2, 0.25) is 0 Å². The number of rotatable bonds is 7. The Morgan fingerprint density at radius 2 is 2.12 bits per heavy atom. The summed E-state index contributed by atoms with van der Waals surface area (Å²) < 4.78 is 43.9. The summed E-state index contributed by atoms with van der Waals surface area (Å²) in [7, 11) is 0. The van der Waals surface area contributed by atoms with Gasteiger partial charge in [0.15, 0.2) is 0 Å². The molecule has 2 rings (SSSR count). The lowest BCUT2D eigenvalue weighted by atomic mass is 9.69. The molecule has 2 N–H and O–H groups in total. The summed E-state index contributed by atoms with van der Waals surface area (Å²) in [5.74, 6) is -0.591. The Hall–Kier alpha value is -2.02. The molecule has 0 saturated heterocycles. The minimum Gasteiger partial charge on any atom is -0.489 e. The topological polar surface area (TPSA) is 58.6 Å². The number of aliphatic hydroxyl groups is 1. The van der Waals surface area contributed by atoms with Crippen molar-refractivity contribution in [3.8, 4) is 5.75 Å². The molecule has 1 fully saturated rings. The fraction of sp³-hybridized carbons (Fsp3) is 0.471. The molecule has 7 heteroatoms. The summed E-state index contributed by atoms with van der Waals surface area (Å²) in [5, 5.41) is 12.0. The van der Waals surface area contributed by atoms with Gasteiger partial charge in [-0.3, -0.25) is 4.79 Å². The highest BCUT2D eigenvalue weighted by atomic mass is 19.4. The van der Waals surface area contributed by atoms with Crippen molar-refractivity contribution in [2.45, 2.75) is 25.4 Å². The van der Waals surface area contributed by atoms with Gasteiger partial charge in [0.25, 0.3) is 5.91 Å². The Morgan fingerprint density at radius 1 is 1.42 bits per heavy atom. The van der Waals surface area contributed by atoms with Crippen molar-refractivity contribution in [1.29, 1.82) is 0 Å². The maximum Gasteiger partial charge on any atom is 0.416 e. The van der Waals surface area contributed by atoms with Crippen molar-refractivity contribution in [2.24, 2.45) is 5.41 Å². The Labute approximate surface area is 138 Å². The number of hydrogen-bond acceptors (Lipinski definition) is 3. The van der Waals surface area contributed by atoms with Crippen LogP contribution < -0.4 is 10.1 Å². The molecular weight excluding hydrogens is 323 g/mol. The van der Waals surface area contributed by atoms with Gasteiger partial charge in [-0.25, -0.2) is 0 Å². The largest absolute Gasteiger partial charge is 0.489 e. The summed E-state index contributed by atoms with van der Waals surface area (Å²) >= 11 is 0. The minimum absolute atomic E-state index is 0.0598. The van der Waals surface area contributed by atoms with Gasteiger partial charge < -0.3 is 15.2 Å². The van der Waals surface area contributed by atoms with Gasteiger partial charge in [-0.15, -0.1) is 0 Å². The van der Waals surface area contributed by atoms with E-state index in [0.717, 1.165) is 37.5 Å². The summed E-state index contributed by atoms with van der Waals surface area (Å²) in [6, 6.07) is 2.78. The highest BCUT2D eigenvalue weighted by Crippen LogP contribution is 2.40. The van der Waals surface area contributed by atoms with Gasteiger partial charge in [0.1, 0.15) is 12.4 Å². The van der Waals surface area contributed by atoms with Crippen LogP contribution in [0, 0.1) is 5.41 Å². The maximum absolute atomic E-state index is 12.9. The zero-order chi connectivity index (χ0) is 17.8. The lowest BCUT2D eigenvalue weighted by Crippen LogP contribution is -2.44. The fourth-order valence-corrected chi connectivity index (χ4v) is 2.59. The van der Waals surface area contributed by atoms with E-state index in [9.17, 15) is 23.1 Å². The third-order valence-electron chi connectivity index (χ3n) is 4.28. The molecule has 0 atom stereocenters. The maximum atomic E-state index is 12.9. The number of carbonyl (C=O) groups excluding carboxylic acids is 1. The van der Waals surface area contributed by atoms with Crippen molar-refractivity contribution in [3.63, 3.8) is 0 Å². The lowest BCUT2D eigenvalue weighted by Gasteiger charge is -2.40. The zero-order valence-electron chi connectivity index (χ0n) is 13.2. The number of alkyl halides is 3. The fourth-order valence-electron chi connectivity index (χ4n) is 2.59. The molecule has 0 bridgehead atoms. The van der Waals surface area contributed by atoms with Gasteiger partial charge in [-0.2, -0.15) is 13.2 Å². The van der Waals surface area contributed by atoms with E-state index in [4.69, 9.17) is 4.74 Å². The third-order valence-corrected chi connectivity index (χ3v) is 4.28. The lowest BCUT2D eigenvalue weighted by molar-refractivity contribution is -0.137. The standard InChI is InChI=1S/C17H20F3NO3/c1-2-8-24-14-5-4-12(17(18,19)20)9-13(14)15(23)21-10-16(11-22)6-3-7-16/h2,4-5,9,22H,1,3,6-8,10-11H2,(H,21,23). The van der Waals surface area contributed by atoms with Gasteiger partial charge in [-0.05, 0) is 31.0 Å². The number of halogens is 3. The first-order valence-electron chi connectivity index (χ1n) is 7.65. The monoisotopic (exact) mass is 343 g/mol. The molecule has 1 aliphatic carbocycles. The summed E-state index contributed by atoms with van der Waals surface area (Å²) in [6.07, 6.45) is -0.577. The van der Waals surface area contributed by atoms with Crippen LogP contribution >= 0.6 is 0 Å². The normalized spacial score (nSPS) is 16.2. The van der Waals surface area contributed by atoms with Crippen molar-refractivity contribution in [1.82, 2.24) is 5.32 Å². The van der Waals surface area contributed by atoms with Gasteiger partial charge in [-0.1, -0.05) is 19.1 Å². The Balaban J connectivity index is 2.20. The first-order valence-corrected chi connectivity index (χ1v) is 7.65. The molecule has 1 aromatic carbocycles. The van der Waals surface area contributed by atoms with Gasteiger partial charge in [0.05, 0.1) is 17.7 Å². The molecule has 0 unspecified atom stereocenters. The van der Waals surface area contributed by atoms with Crippen LogP contribution in [0.2, 0.25) is 0 Å². The number of hydrogen-bond donors (Lipinski definition) is 2. The average Bonchev–Trinajstić information content (AvgIpc) is 2.51. The number of aliphatic hydroxyl groups excluding tert-OH is 1. The Morgan fingerprint density at radius 3 is 2.62 bits per heavy atom. The molecule has 4 nitrogen and oxygen atoms in total. The molecule has 0 aliphatic heterocycles. The molecule has 1 aromatic rings. The summed E-state index contributed by atoms with van der Waals surface area (Å²) in [4.78, 5) is 12.3. The quantitative estimate of drug-likeness (QED) is 0.748. The third kappa shape index (κ3) is 4.08. The van der Waals surface area contributed by atoms with Gasteiger partial charge in [0, 0.05) is 12.0 Å². The molecule has 0 heterocycles. The molecular formula is C17H20F3NO3. The van der Waals surface area contributed by atoms with E-state index in [2.05, 4.69) is 11.9 Å². The van der Waals surface area contributed by atoms with E-state index in [1.165, 1.54) is 6.08 Å². The summed E-state index contributed by atoms with van der Waals surface area (Å²) in [5.41, 5.74) is -1.46. The van der Waals surface area contributed by atoms with Crippen molar-refractivity contribution in [2.75, 3.05) is 19.8 Å².